The minimum Gasteiger partial charge on any atom is -0.505 e. The summed E-state index contributed by atoms with van der Waals surface area (Å²) in [5, 5.41) is 13.3. The predicted octanol–water partition coefficient (Wildman–Crippen LogP) is 5.90. The number of phenolic OH excluding ortho intramolecular Hbond substituents is 1. The van der Waals surface area contributed by atoms with E-state index in [4.69, 9.17) is 0 Å². The van der Waals surface area contributed by atoms with Crippen molar-refractivity contribution in [2.45, 2.75) is 71.1 Å². The summed E-state index contributed by atoms with van der Waals surface area (Å²) in [7, 11) is 0. The van der Waals surface area contributed by atoms with E-state index in [1.54, 1.807) is 6.07 Å². The van der Waals surface area contributed by atoms with Crippen LogP contribution in [0.2, 0.25) is 0 Å². The smallest absolute Gasteiger partial charge is 0.224 e. The molecule has 2 N–H and O–H groups in total. The fourth-order valence-electron chi connectivity index (χ4n) is 3.16. The zero-order valence-corrected chi connectivity index (χ0v) is 15.4. The van der Waals surface area contributed by atoms with Crippen LogP contribution in [0.3, 0.4) is 0 Å². The Hall–Kier alpha value is -2.03. The first kappa shape index (κ1) is 19.3. The van der Waals surface area contributed by atoms with Crippen molar-refractivity contribution in [2.75, 3.05) is 5.32 Å². The fraction of sp³-hybridized carbons (Fsp3) is 0.500. The number of para-hydroxylation sites is 1. The molecule has 136 valence electrons. The van der Waals surface area contributed by atoms with E-state index in [2.05, 4.69) is 30.5 Å². The number of allylic oxidation sites excluding steroid dienone is 4. The first-order valence-corrected chi connectivity index (χ1v) is 9.58. The van der Waals surface area contributed by atoms with Gasteiger partial charge >= 0.3 is 0 Å². The lowest BCUT2D eigenvalue weighted by atomic mass is 10.0. The number of phenols is 1. The topological polar surface area (TPSA) is 49.3 Å². The molecule has 0 unspecified atom stereocenters. The van der Waals surface area contributed by atoms with Crippen molar-refractivity contribution in [3.63, 3.8) is 0 Å². The highest BCUT2D eigenvalue weighted by Crippen LogP contribution is 2.29. The normalized spacial score (nSPS) is 21.8. The number of carbonyl (C=O) groups excluding carboxylic acids is 1. The highest BCUT2D eigenvalue weighted by molar-refractivity contribution is 5.92. The Labute approximate surface area is 151 Å². The molecule has 1 heterocycles. The van der Waals surface area contributed by atoms with Gasteiger partial charge in [-0.3, -0.25) is 4.79 Å². The van der Waals surface area contributed by atoms with Gasteiger partial charge in [-0.05, 0) is 51.5 Å². The maximum atomic E-state index is 12.1. The summed E-state index contributed by atoms with van der Waals surface area (Å²) in [5.74, 6) is 0.138. The Morgan fingerprint density at radius 1 is 0.960 bits per heavy atom. The number of rotatable bonds is 0. The molecule has 3 nitrogen and oxygen atoms in total. The Bertz CT molecular complexity index is 616. The summed E-state index contributed by atoms with van der Waals surface area (Å²) < 4.78 is 0. The second-order valence-corrected chi connectivity index (χ2v) is 6.94. The van der Waals surface area contributed by atoms with Gasteiger partial charge in [0.25, 0.3) is 0 Å². The van der Waals surface area contributed by atoms with E-state index in [0.717, 1.165) is 31.2 Å². The Morgan fingerprint density at radius 3 is 2.52 bits per heavy atom. The predicted molar refractivity (Wildman–Crippen MR) is 105 cm³/mol. The molecule has 1 aliphatic heterocycles. The summed E-state index contributed by atoms with van der Waals surface area (Å²) >= 11 is 0. The van der Waals surface area contributed by atoms with Crippen molar-refractivity contribution in [1.29, 1.82) is 0 Å². The largest absolute Gasteiger partial charge is 0.505 e. The zero-order valence-electron chi connectivity index (χ0n) is 15.4. The summed E-state index contributed by atoms with van der Waals surface area (Å²) in [4.78, 5) is 12.1. The molecule has 0 fully saturated rings. The summed E-state index contributed by atoms with van der Waals surface area (Å²) in [6.07, 6.45) is 17.0. The molecule has 1 aromatic carbocycles. The standard InChI is InChI=1S/C22H31NO2/c1-18-13-10-8-6-4-2-3-5-7-9-11-16-21(24)23-20-15-12-14-19(17-18)22(20)25/h7,9,12-15,25H,2-6,8,10-11,16-17H2,1H3,(H,23,24)/b9-7+,18-13+. The molecule has 0 saturated heterocycles. The van der Waals surface area contributed by atoms with Crippen LogP contribution in [0.5, 0.6) is 5.75 Å². The maximum absolute atomic E-state index is 12.1. The third-order valence-corrected chi connectivity index (χ3v) is 4.64. The lowest BCUT2D eigenvalue weighted by Crippen LogP contribution is -2.11. The van der Waals surface area contributed by atoms with Crippen LogP contribution in [0, 0.1) is 0 Å². The van der Waals surface area contributed by atoms with Crippen LogP contribution in [-0.2, 0) is 11.2 Å². The Balaban J connectivity index is 2.08. The molecular weight excluding hydrogens is 310 g/mol. The van der Waals surface area contributed by atoms with E-state index >= 15 is 0 Å². The van der Waals surface area contributed by atoms with E-state index in [0.29, 0.717) is 12.1 Å². The molecule has 0 aromatic heterocycles. The van der Waals surface area contributed by atoms with Crippen LogP contribution < -0.4 is 5.32 Å². The number of nitrogens with one attached hydrogen (secondary N) is 1. The average molecular weight is 341 g/mol. The summed E-state index contributed by atoms with van der Waals surface area (Å²) in [5.41, 5.74) is 2.64. The van der Waals surface area contributed by atoms with Crippen molar-refractivity contribution in [3.05, 3.63) is 47.6 Å². The quantitative estimate of drug-likeness (QED) is 0.456. The number of aromatic hydroxyl groups is 1. The van der Waals surface area contributed by atoms with Crippen LogP contribution in [-0.4, -0.2) is 11.0 Å². The zero-order chi connectivity index (χ0) is 17.9. The molecule has 0 atom stereocenters. The van der Waals surface area contributed by atoms with E-state index in [-0.39, 0.29) is 11.7 Å². The third-order valence-electron chi connectivity index (χ3n) is 4.64. The van der Waals surface area contributed by atoms with Crippen LogP contribution in [0.15, 0.2) is 42.0 Å². The molecular formula is C22H31NO2. The lowest BCUT2D eigenvalue weighted by molar-refractivity contribution is -0.116. The number of carbonyl (C=O) groups is 1. The molecule has 25 heavy (non-hydrogen) atoms. The van der Waals surface area contributed by atoms with Gasteiger partial charge in [-0.15, -0.1) is 0 Å². The van der Waals surface area contributed by atoms with E-state index in [9.17, 15) is 9.90 Å². The Morgan fingerprint density at radius 2 is 1.68 bits per heavy atom. The van der Waals surface area contributed by atoms with Crippen molar-refractivity contribution < 1.29 is 9.90 Å². The Kier molecular flexibility index (Phi) is 8.30. The molecule has 0 spiro atoms. The third kappa shape index (κ3) is 7.16. The van der Waals surface area contributed by atoms with Crippen molar-refractivity contribution >= 4 is 11.6 Å². The van der Waals surface area contributed by atoms with Gasteiger partial charge in [0.1, 0.15) is 5.75 Å². The summed E-state index contributed by atoms with van der Waals surface area (Å²) in [6.45, 7) is 2.11. The molecule has 1 aliphatic rings. The summed E-state index contributed by atoms with van der Waals surface area (Å²) in [6, 6.07) is 5.57. The average Bonchev–Trinajstić information content (AvgIpc) is 2.58. The van der Waals surface area contributed by atoms with Crippen molar-refractivity contribution in [2.24, 2.45) is 0 Å². The number of hydrogen-bond donors (Lipinski definition) is 2. The second kappa shape index (κ2) is 10.8. The molecule has 0 aliphatic carbocycles. The molecule has 3 heteroatoms. The first-order chi connectivity index (χ1) is 12.2. The van der Waals surface area contributed by atoms with Gasteiger partial charge < -0.3 is 10.4 Å². The van der Waals surface area contributed by atoms with Crippen molar-refractivity contribution in [1.82, 2.24) is 0 Å². The molecule has 1 aromatic rings. The monoisotopic (exact) mass is 341 g/mol. The first-order valence-electron chi connectivity index (χ1n) is 9.58. The van der Waals surface area contributed by atoms with Gasteiger partial charge in [0.2, 0.25) is 5.91 Å². The molecule has 2 rings (SSSR count). The van der Waals surface area contributed by atoms with Gasteiger partial charge in [0.15, 0.2) is 0 Å². The van der Waals surface area contributed by atoms with Gasteiger partial charge in [-0.2, -0.15) is 0 Å². The number of fused-ring (bicyclic) bond motifs is 2. The van der Waals surface area contributed by atoms with E-state index in [1.807, 2.05) is 12.1 Å². The number of anilines is 1. The minimum absolute atomic E-state index is 0.0534. The number of amides is 1. The second-order valence-electron chi connectivity index (χ2n) is 6.94. The van der Waals surface area contributed by atoms with E-state index < -0.39 is 0 Å². The molecule has 0 saturated carbocycles. The highest BCUT2D eigenvalue weighted by atomic mass is 16.3. The van der Waals surface area contributed by atoms with Gasteiger partial charge in [-0.25, -0.2) is 0 Å². The maximum Gasteiger partial charge on any atom is 0.224 e. The van der Waals surface area contributed by atoms with Crippen LogP contribution >= 0.6 is 0 Å². The van der Waals surface area contributed by atoms with Gasteiger partial charge in [0, 0.05) is 12.0 Å². The fourth-order valence-corrected chi connectivity index (χ4v) is 3.16. The highest BCUT2D eigenvalue weighted by Gasteiger charge is 2.10. The molecule has 1 amide bonds. The van der Waals surface area contributed by atoms with Gasteiger partial charge in [-0.1, -0.05) is 55.2 Å². The minimum atomic E-state index is -0.0534. The number of hydrogen-bond acceptors (Lipinski definition) is 2. The van der Waals surface area contributed by atoms with E-state index in [1.165, 1.54) is 37.7 Å². The van der Waals surface area contributed by atoms with Crippen LogP contribution in [0.25, 0.3) is 0 Å². The molecule has 2 bridgehead atoms. The van der Waals surface area contributed by atoms with Gasteiger partial charge in [0.05, 0.1) is 5.69 Å². The van der Waals surface area contributed by atoms with Crippen LogP contribution in [0.1, 0.15) is 70.3 Å². The lowest BCUT2D eigenvalue weighted by Gasteiger charge is -2.11. The molecule has 0 radical (unpaired) electrons. The van der Waals surface area contributed by atoms with Crippen molar-refractivity contribution in [3.8, 4) is 5.75 Å². The van der Waals surface area contributed by atoms with Crippen LogP contribution in [0.4, 0.5) is 5.69 Å². The number of benzene rings is 1. The SMILES string of the molecule is C/C1=C\CCCCCCC/C=C/CCC(=O)Nc2cccc(c2O)C1.